The molecule has 0 aliphatic heterocycles. The quantitative estimate of drug-likeness (QED) is 0.214. The molecule has 0 fully saturated rings. The fraction of sp³-hybridized carbons (Fsp3) is 0.800. The van der Waals surface area contributed by atoms with Crippen LogP contribution in [0.1, 0.15) is 104 Å². The molecule has 0 bridgehead atoms. The van der Waals surface area contributed by atoms with Crippen LogP contribution in [0, 0.1) is 0 Å². The fourth-order valence-electron chi connectivity index (χ4n) is 2.49. The minimum absolute atomic E-state index is 1.14. The van der Waals surface area contributed by atoms with Gasteiger partial charge in [0.05, 0.1) is 0 Å². The molecular formula is C20H38. The van der Waals surface area contributed by atoms with Gasteiger partial charge in [0.2, 0.25) is 0 Å². The molecule has 0 N–H and O–H groups in total. The summed E-state index contributed by atoms with van der Waals surface area (Å²) in [7, 11) is 0. The average molecular weight is 279 g/mol. The monoisotopic (exact) mass is 278 g/mol. The number of hydrogen-bond donors (Lipinski definition) is 0. The van der Waals surface area contributed by atoms with E-state index >= 15 is 0 Å². The molecule has 0 aliphatic rings. The van der Waals surface area contributed by atoms with Crippen LogP contribution in [0.5, 0.6) is 0 Å². The molecule has 0 heterocycles. The molecule has 20 heavy (non-hydrogen) atoms. The minimum Gasteiger partial charge on any atom is -0.0848 e. The minimum atomic E-state index is 1.14. The van der Waals surface area contributed by atoms with Gasteiger partial charge in [0, 0.05) is 0 Å². The van der Waals surface area contributed by atoms with Crippen molar-refractivity contribution in [2.75, 3.05) is 0 Å². The van der Waals surface area contributed by atoms with Crippen molar-refractivity contribution >= 4 is 0 Å². The van der Waals surface area contributed by atoms with Crippen LogP contribution in [0.15, 0.2) is 24.3 Å². The van der Waals surface area contributed by atoms with Crippen molar-refractivity contribution < 1.29 is 0 Å². The lowest BCUT2D eigenvalue weighted by atomic mass is 10.0. The molecule has 0 atom stereocenters. The van der Waals surface area contributed by atoms with Crippen LogP contribution < -0.4 is 0 Å². The fourth-order valence-corrected chi connectivity index (χ4v) is 2.49. The van der Waals surface area contributed by atoms with E-state index < -0.39 is 0 Å². The molecule has 0 amide bonds. The zero-order chi connectivity index (χ0) is 14.7. The van der Waals surface area contributed by atoms with Gasteiger partial charge in [0.25, 0.3) is 0 Å². The molecule has 0 aromatic carbocycles. The van der Waals surface area contributed by atoms with E-state index in [4.69, 9.17) is 0 Å². The molecule has 0 nitrogen and oxygen atoms in total. The van der Waals surface area contributed by atoms with Crippen molar-refractivity contribution in [3.63, 3.8) is 0 Å². The van der Waals surface area contributed by atoms with Crippen molar-refractivity contribution in [1.82, 2.24) is 0 Å². The lowest BCUT2D eigenvalue weighted by molar-refractivity contribution is 0.545. The average Bonchev–Trinajstić information content (AvgIpc) is 2.47. The first-order valence-electron chi connectivity index (χ1n) is 9.23. The summed E-state index contributed by atoms with van der Waals surface area (Å²) in [6.45, 7) is 4.47. The van der Waals surface area contributed by atoms with E-state index in [1.807, 2.05) is 0 Å². The lowest BCUT2D eigenvalue weighted by Gasteiger charge is -2.02. The summed E-state index contributed by atoms with van der Waals surface area (Å²) in [6, 6.07) is 0. The molecule has 0 heteroatoms. The van der Waals surface area contributed by atoms with Gasteiger partial charge in [-0.2, -0.15) is 0 Å². The Morgan fingerprint density at radius 1 is 0.500 bits per heavy atom. The first kappa shape index (κ1) is 19.5. The Balaban J connectivity index is 3.02. The molecule has 0 aromatic heterocycles. The van der Waals surface area contributed by atoms with Crippen molar-refractivity contribution in [2.45, 2.75) is 104 Å². The molecule has 0 spiro atoms. The van der Waals surface area contributed by atoms with E-state index in [-0.39, 0.29) is 0 Å². The maximum Gasteiger partial charge on any atom is -0.0348 e. The molecule has 0 saturated heterocycles. The molecule has 0 radical (unpaired) electrons. The van der Waals surface area contributed by atoms with Gasteiger partial charge in [-0.15, -0.1) is 0 Å². The summed E-state index contributed by atoms with van der Waals surface area (Å²) in [6.07, 6.45) is 28.5. The van der Waals surface area contributed by atoms with Crippen LogP contribution in [0.25, 0.3) is 0 Å². The Hall–Kier alpha value is -0.520. The van der Waals surface area contributed by atoms with E-state index in [0.29, 0.717) is 0 Å². The van der Waals surface area contributed by atoms with E-state index in [9.17, 15) is 0 Å². The summed E-state index contributed by atoms with van der Waals surface area (Å²) in [5.74, 6) is 0. The Bertz CT molecular complexity index is 212. The Kier molecular flexibility index (Phi) is 18.0. The lowest BCUT2D eigenvalue weighted by Crippen LogP contribution is -1.82. The first-order chi connectivity index (χ1) is 9.91. The second-order valence-electron chi connectivity index (χ2n) is 5.94. The zero-order valence-corrected chi connectivity index (χ0v) is 14.2. The van der Waals surface area contributed by atoms with E-state index in [1.165, 1.54) is 83.5 Å². The summed E-state index contributed by atoms with van der Waals surface area (Å²) in [4.78, 5) is 0. The Morgan fingerprint density at radius 2 is 0.950 bits per heavy atom. The van der Waals surface area contributed by atoms with Crippen molar-refractivity contribution in [3.05, 3.63) is 24.3 Å². The second kappa shape index (κ2) is 18.5. The van der Waals surface area contributed by atoms with Gasteiger partial charge >= 0.3 is 0 Å². The van der Waals surface area contributed by atoms with Crippen LogP contribution in [-0.2, 0) is 0 Å². The van der Waals surface area contributed by atoms with E-state index in [2.05, 4.69) is 38.2 Å². The number of allylic oxidation sites excluding steroid dienone is 4. The Labute approximate surface area is 128 Å². The van der Waals surface area contributed by atoms with Crippen LogP contribution in [0.2, 0.25) is 0 Å². The predicted octanol–water partition coefficient (Wildman–Crippen LogP) is 7.60. The SMILES string of the molecule is CCC=CC=CCCCCCCCCCCCCCC. The van der Waals surface area contributed by atoms with Gasteiger partial charge < -0.3 is 0 Å². The number of unbranched alkanes of at least 4 members (excludes halogenated alkanes) is 12. The van der Waals surface area contributed by atoms with E-state index in [1.54, 1.807) is 0 Å². The van der Waals surface area contributed by atoms with Crippen LogP contribution in [0.3, 0.4) is 0 Å². The third kappa shape index (κ3) is 17.5. The third-order valence-electron chi connectivity index (χ3n) is 3.84. The van der Waals surface area contributed by atoms with Crippen LogP contribution >= 0.6 is 0 Å². The molecule has 0 aromatic rings. The first-order valence-corrected chi connectivity index (χ1v) is 9.23. The normalized spacial score (nSPS) is 11.9. The van der Waals surface area contributed by atoms with Gasteiger partial charge in [-0.3, -0.25) is 0 Å². The van der Waals surface area contributed by atoms with Crippen molar-refractivity contribution in [3.8, 4) is 0 Å². The zero-order valence-electron chi connectivity index (χ0n) is 14.2. The largest absolute Gasteiger partial charge is 0.0848 e. The molecule has 0 saturated carbocycles. The van der Waals surface area contributed by atoms with Gasteiger partial charge in [0.15, 0.2) is 0 Å². The van der Waals surface area contributed by atoms with Crippen LogP contribution in [-0.4, -0.2) is 0 Å². The Morgan fingerprint density at radius 3 is 1.45 bits per heavy atom. The second-order valence-corrected chi connectivity index (χ2v) is 5.94. The highest BCUT2D eigenvalue weighted by Crippen LogP contribution is 2.12. The number of rotatable bonds is 15. The summed E-state index contributed by atoms with van der Waals surface area (Å²) >= 11 is 0. The summed E-state index contributed by atoms with van der Waals surface area (Å²) < 4.78 is 0. The molecule has 0 rings (SSSR count). The smallest absolute Gasteiger partial charge is 0.0348 e. The maximum atomic E-state index is 2.31. The van der Waals surface area contributed by atoms with Gasteiger partial charge in [-0.05, 0) is 19.3 Å². The van der Waals surface area contributed by atoms with Gasteiger partial charge in [0.1, 0.15) is 0 Å². The molecular weight excluding hydrogens is 240 g/mol. The standard InChI is InChI=1S/C20H38/c1-3-5-7-9-11-13-15-17-19-20-18-16-14-12-10-8-6-4-2/h5,7,9,11H,3-4,6,8,10,12-20H2,1-2H3. The highest BCUT2D eigenvalue weighted by molar-refractivity contribution is 5.01. The van der Waals surface area contributed by atoms with Gasteiger partial charge in [-0.25, -0.2) is 0 Å². The van der Waals surface area contributed by atoms with Crippen molar-refractivity contribution in [1.29, 1.82) is 0 Å². The predicted molar refractivity (Wildman–Crippen MR) is 94.3 cm³/mol. The number of hydrogen-bond acceptors (Lipinski definition) is 0. The third-order valence-corrected chi connectivity index (χ3v) is 3.84. The summed E-state index contributed by atoms with van der Waals surface area (Å²) in [5.41, 5.74) is 0. The van der Waals surface area contributed by atoms with Crippen molar-refractivity contribution in [2.24, 2.45) is 0 Å². The molecule has 118 valence electrons. The summed E-state index contributed by atoms with van der Waals surface area (Å²) in [5, 5.41) is 0. The highest BCUT2D eigenvalue weighted by Gasteiger charge is 1.92. The van der Waals surface area contributed by atoms with Crippen LogP contribution in [0.4, 0.5) is 0 Å². The highest BCUT2D eigenvalue weighted by atomic mass is 14.0. The van der Waals surface area contributed by atoms with Gasteiger partial charge in [-0.1, -0.05) is 109 Å². The maximum absolute atomic E-state index is 2.31. The molecule has 0 aliphatic carbocycles. The van der Waals surface area contributed by atoms with E-state index in [0.717, 1.165) is 6.42 Å². The topological polar surface area (TPSA) is 0 Å². The molecule has 0 unspecified atom stereocenters.